The molecule has 1 aliphatic rings. The Kier molecular flexibility index (Phi) is 3.87. The van der Waals surface area contributed by atoms with E-state index in [2.05, 4.69) is 21.9 Å². The molecule has 0 aliphatic carbocycles. The second kappa shape index (κ2) is 5.71. The number of nitrogens with zero attached hydrogens (tertiary/aromatic N) is 4. The Labute approximate surface area is 130 Å². The molecule has 2 aromatic heterocycles. The first-order valence-electron chi connectivity index (χ1n) is 7.36. The average Bonchev–Trinajstić information content (AvgIpc) is 2.88. The third-order valence-electron chi connectivity index (χ3n) is 3.94. The molecule has 1 saturated heterocycles. The number of hydrogen-bond acceptors (Lipinski definition) is 4. The van der Waals surface area contributed by atoms with Crippen molar-refractivity contribution in [3.8, 4) is 0 Å². The molecule has 1 amide bonds. The number of rotatable bonds is 2. The first kappa shape index (κ1) is 15.6. The summed E-state index contributed by atoms with van der Waals surface area (Å²) in [7, 11) is 0. The number of hydrogen-bond donors (Lipinski definition) is 1. The molecule has 0 bridgehead atoms. The summed E-state index contributed by atoms with van der Waals surface area (Å²) in [6.45, 7) is 3.07. The third-order valence-corrected chi connectivity index (χ3v) is 3.94. The molecule has 3 heterocycles. The van der Waals surface area contributed by atoms with Crippen LogP contribution >= 0.6 is 0 Å². The third kappa shape index (κ3) is 3.22. The number of carbonyl (C=O) groups is 1. The van der Waals surface area contributed by atoms with E-state index in [0.29, 0.717) is 11.7 Å². The number of anilines is 2. The molecule has 1 fully saturated rings. The molecule has 23 heavy (non-hydrogen) atoms. The van der Waals surface area contributed by atoms with Crippen LogP contribution in [-0.2, 0) is 4.79 Å². The van der Waals surface area contributed by atoms with Crippen LogP contribution in [0, 0.1) is 0 Å². The maximum Gasteiger partial charge on any atom is 0.471 e. The van der Waals surface area contributed by atoms with E-state index in [0.717, 1.165) is 25.1 Å². The SMILES string of the molecule is CC1CCCCN1c1ccn2nc(NC(=O)C(F)(F)F)nc2c1. The van der Waals surface area contributed by atoms with E-state index in [1.54, 1.807) is 17.6 Å². The predicted octanol–water partition coefficient (Wildman–Crippen LogP) is 2.61. The van der Waals surface area contributed by atoms with E-state index in [1.165, 1.54) is 10.9 Å². The van der Waals surface area contributed by atoms with Gasteiger partial charge < -0.3 is 4.90 Å². The van der Waals surface area contributed by atoms with E-state index < -0.39 is 12.1 Å². The van der Waals surface area contributed by atoms with E-state index in [1.807, 2.05) is 6.07 Å². The van der Waals surface area contributed by atoms with Crippen LogP contribution in [0.4, 0.5) is 24.8 Å². The summed E-state index contributed by atoms with van der Waals surface area (Å²) < 4.78 is 38.1. The second-order valence-corrected chi connectivity index (χ2v) is 5.61. The molecule has 0 aromatic carbocycles. The van der Waals surface area contributed by atoms with Crippen LogP contribution in [0.1, 0.15) is 26.2 Å². The van der Waals surface area contributed by atoms with Gasteiger partial charge in [-0.05, 0) is 32.3 Å². The van der Waals surface area contributed by atoms with Crippen molar-refractivity contribution in [1.82, 2.24) is 14.6 Å². The molecule has 1 N–H and O–H groups in total. The van der Waals surface area contributed by atoms with Gasteiger partial charge in [0.2, 0.25) is 5.95 Å². The van der Waals surface area contributed by atoms with Gasteiger partial charge in [-0.2, -0.15) is 18.2 Å². The summed E-state index contributed by atoms with van der Waals surface area (Å²) in [5.41, 5.74) is 1.34. The lowest BCUT2D eigenvalue weighted by Gasteiger charge is -2.35. The Bertz CT molecular complexity index is 727. The minimum Gasteiger partial charge on any atom is -0.369 e. The van der Waals surface area contributed by atoms with Crippen LogP contribution in [0.5, 0.6) is 0 Å². The van der Waals surface area contributed by atoms with E-state index in [4.69, 9.17) is 0 Å². The summed E-state index contributed by atoms with van der Waals surface area (Å²) in [6.07, 6.45) is 0.0619. The molecule has 0 radical (unpaired) electrons. The number of carbonyl (C=O) groups excluding carboxylic acids is 1. The van der Waals surface area contributed by atoms with Gasteiger partial charge in [0.1, 0.15) is 0 Å². The summed E-state index contributed by atoms with van der Waals surface area (Å²) in [6, 6.07) is 4.01. The Hall–Kier alpha value is -2.32. The second-order valence-electron chi connectivity index (χ2n) is 5.61. The van der Waals surface area contributed by atoms with Gasteiger partial charge >= 0.3 is 12.1 Å². The van der Waals surface area contributed by atoms with Gasteiger partial charge in [-0.3, -0.25) is 10.1 Å². The van der Waals surface area contributed by atoms with Crippen LogP contribution in [0.15, 0.2) is 18.3 Å². The van der Waals surface area contributed by atoms with Gasteiger partial charge in [0, 0.05) is 30.5 Å². The zero-order valence-corrected chi connectivity index (χ0v) is 12.5. The average molecular weight is 327 g/mol. The van der Waals surface area contributed by atoms with Crippen LogP contribution in [0.3, 0.4) is 0 Å². The van der Waals surface area contributed by atoms with Crippen molar-refractivity contribution in [2.75, 3.05) is 16.8 Å². The fraction of sp³-hybridized carbons (Fsp3) is 0.500. The first-order valence-corrected chi connectivity index (χ1v) is 7.36. The van der Waals surface area contributed by atoms with Gasteiger partial charge in [0.15, 0.2) is 5.65 Å². The molecule has 1 atom stereocenters. The maximum atomic E-state index is 12.3. The smallest absolute Gasteiger partial charge is 0.369 e. The Morgan fingerprint density at radius 2 is 2.17 bits per heavy atom. The van der Waals surface area contributed by atoms with Gasteiger partial charge in [-0.15, -0.1) is 5.10 Å². The lowest BCUT2D eigenvalue weighted by atomic mass is 10.0. The lowest BCUT2D eigenvalue weighted by molar-refractivity contribution is -0.167. The van der Waals surface area contributed by atoms with Gasteiger partial charge in [-0.25, -0.2) is 4.52 Å². The fourth-order valence-corrected chi connectivity index (χ4v) is 2.76. The van der Waals surface area contributed by atoms with Crippen LogP contribution < -0.4 is 10.2 Å². The molecule has 0 spiro atoms. The predicted molar refractivity (Wildman–Crippen MR) is 78.3 cm³/mol. The summed E-state index contributed by atoms with van der Waals surface area (Å²) in [5, 5.41) is 5.49. The normalized spacial score (nSPS) is 19.1. The van der Waals surface area contributed by atoms with Gasteiger partial charge in [0.05, 0.1) is 0 Å². The van der Waals surface area contributed by atoms with Crippen molar-refractivity contribution >= 4 is 23.2 Å². The van der Waals surface area contributed by atoms with Crippen molar-refractivity contribution in [2.24, 2.45) is 0 Å². The zero-order valence-electron chi connectivity index (χ0n) is 12.5. The number of halogens is 3. The van der Waals surface area contributed by atoms with Crippen LogP contribution in [0.25, 0.3) is 5.65 Å². The summed E-state index contributed by atoms with van der Waals surface area (Å²) in [4.78, 5) is 17.1. The Morgan fingerprint density at radius 1 is 1.39 bits per heavy atom. The van der Waals surface area contributed by atoms with E-state index in [-0.39, 0.29) is 5.95 Å². The molecule has 1 aliphatic heterocycles. The number of alkyl halides is 3. The van der Waals surface area contributed by atoms with Gasteiger partial charge in [-0.1, -0.05) is 0 Å². The minimum absolute atomic E-state index is 0.365. The number of pyridine rings is 1. The quantitative estimate of drug-likeness (QED) is 0.921. The summed E-state index contributed by atoms with van der Waals surface area (Å²) in [5.74, 6) is -2.45. The van der Waals surface area contributed by atoms with Crippen molar-refractivity contribution in [3.63, 3.8) is 0 Å². The molecule has 124 valence electrons. The molecular formula is C14H16F3N5O. The van der Waals surface area contributed by atoms with Crippen LogP contribution in [0.2, 0.25) is 0 Å². The molecule has 3 rings (SSSR count). The molecule has 0 saturated carbocycles. The van der Waals surface area contributed by atoms with E-state index >= 15 is 0 Å². The molecule has 1 unspecified atom stereocenters. The highest BCUT2D eigenvalue weighted by molar-refractivity contribution is 5.93. The monoisotopic (exact) mass is 327 g/mol. The van der Waals surface area contributed by atoms with Crippen molar-refractivity contribution in [1.29, 1.82) is 0 Å². The number of aromatic nitrogens is 3. The maximum absolute atomic E-state index is 12.3. The number of fused-ring (bicyclic) bond motifs is 1. The molecular weight excluding hydrogens is 311 g/mol. The number of nitrogens with one attached hydrogen (secondary N) is 1. The van der Waals surface area contributed by atoms with Crippen molar-refractivity contribution in [2.45, 2.75) is 38.4 Å². The fourth-order valence-electron chi connectivity index (χ4n) is 2.76. The topological polar surface area (TPSA) is 62.5 Å². The molecule has 2 aromatic rings. The van der Waals surface area contributed by atoms with Crippen LogP contribution in [-0.4, -0.2) is 39.3 Å². The minimum atomic E-state index is -4.97. The van der Waals surface area contributed by atoms with E-state index in [9.17, 15) is 18.0 Å². The number of piperidine rings is 1. The molecule has 6 nitrogen and oxygen atoms in total. The largest absolute Gasteiger partial charge is 0.471 e. The first-order chi connectivity index (χ1) is 10.8. The standard InChI is InChI=1S/C14H16F3N5O/c1-9-4-2-3-6-21(9)10-5-7-22-11(8-10)18-13(20-22)19-12(23)14(15,16)17/h5,7-9H,2-4,6H2,1H3,(H,19,20,23). The molecule has 9 heteroatoms. The Balaban J connectivity index is 1.84. The Morgan fingerprint density at radius 3 is 2.87 bits per heavy atom. The highest BCUT2D eigenvalue weighted by atomic mass is 19.4. The van der Waals surface area contributed by atoms with Crippen molar-refractivity contribution in [3.05, 3.63) is 18.3 Å². The number of amides is 1. The zero-order chi connectivity index (χ0) is 16.6. The lowest BCUT2D eigenvalue weighted by Crippen LogP contribution is -2.37. The highest BCUT2D eigenvalue weighted by Gasteiger charge is 2.39. The highest BCUT2D eigenvalue weighted by Crippen LogP contribution is 2.25. The van der Waals surface area contributed by atoms with Crippen molar-refractivity contribution < 1.29 is 18.0 Å². The van der Waals surface area contributed by atoms with Gasteiger partial charge in [0.25, 0.3) is 0 Å². The summed E-state index contributed by atoms with van der Waals surface area (Å²) >= 11 is 0.